The predicted molar refractivity (Wildman–Crippen MR) is 131 cm³/mol. The number of piperidine rings is 1. The molecule has 176 valence electrons. The number of benzene rings is 2. The quantitative estimate of drug-likeness (QED) is 0.624. The van der Waals surface area contributed by atoms with Gasteiger partial charge in [0.05, 0.1) is 22.9 Å². The van der Waals surface area contributed by atoms with Gasteiger partial charge in [0.15, 0.2) is 0 Å². The van der Waals surface area contributed by atoms with E-state index in [4.69, 9.17) is 5.26 Å². The maximum absolute atomic E-state index is 13.3. The Balaban J connectivity index is 1.97. The van der Waals surface area contributed by atoms with E-state index in [1.165, 1.54) is 10.4 Å². The summed E-state index contributed by atoms with van der Waals surface area (Å²) < 4.78 is 27.6. The molecule has 0 aliphatic carbocycles. The highest BCUT2D eigenvalue weighted by molar-refractivity contribution is 7.89. The maximum Gasteiger partial charge on any atom is 0.257 e. The van der Waals surface area contributed by atoms with Crippen molar-refractivity contribution in [3.8, 4) is 6.07 Å². The summed E-state index contributed by atoms with van der Waals surface area (Å²) in [6.45, 7) is 8.20. The molecule has 2 aromatic carbocycles. The van der Waals surface area contributed by atoms with Gasteiger partial charge in [0.25, 0.3) is 5.91 Å². The second-order valence-electron chi connectivity index (χ2n) is 8.42. The molecule has 1 saturated heterocycles. The third-order valence-corrected chi connectivity index (χ3v) is 8.22. The summed E-state index contributed by atoms with van der Waals surface area (Å²) in [6.07, 6.45) is 2.36. The van der Waals surface area contributed by atoms with Crippen LogP contribution in [0.3, 0.4) is 0 Å². The fourth-order valence-corrected chi connectivity index (χ4v) is 5.58. The van der Waals surface area contributed by atoms with Crippen LogP contribution >= 0.6 is 0 Å². The highest BCUT2D eigenvalue weighted by Gasteiger charge is 2.27. The number of hydrogen-bond acceptors (Lipinski definition) is 5. The fraction of sp³-hybridized carbons (Fsp3) is 0.440. The molecule has 0 bridgehead atoms. The minimum Gasteiger partial charge on any atom is -0.371 e. The minimum absolute atomic E-state index is 0.120. The average Bonchev–Trinajstić information content (AvgIpc) is 2.81. The molecular weight excluding hydrogens is 436 g/mol. The molecule has 0 radical (unpaired) electrons. The van der Waals surface area contributed by atoms with Crippen molar-refractivity contribution in [1.29, 1.82) is 5.26 Å². The van der Waals surface area contributed by atoms with Crippen LogP contribution < -0.4 is 10.2 Å². The van der Waals surface area contributed by atoms with Crippen LogP contribution in [-0.2, 0) is 16.4 Å². The van der Waals surface area contributed by atoms with Crippen LogP contribution in [0.4, 0.5) is 11.4 Å². The lowest BCUT2D eigenvalue weighted by Crippen LogP contribution is -2.35. The number of nitriles is 1. The number of nitrogens with zero attached hydrogens (tertiary/aromatic N) is 3. The molecule has 0 saturated carbocycles. The first-order valence-electron chi connectivity index (χ1n) is 11.5. The van der Waals surface area contributed by atoms with E-state index in [1.54, 1.807) is 50.2 Å². The number of nitrogens with one attached hydrogen (secondary N) is 1. The van der Waals surface area contributed by atoms with Crippen molar-refractivity contribution in [3.05, 3.63) is 53.6 Å². The molecular formula is C25H32N4O3S. The zero-order chi connectivity index (χ0) is 24.0. The lowest BCUT2D eigenvalue weighted by atomic mass is 9.98. The van der Waals surface area contributed by atoms with Gasteiger partial charge in [-0.3, -0.25) is 4.79 Å². The molecule has 1 aliphatic rings. The van der Waals surface area contributed by atoms with Gasteiger partial charge in [0, 0.05) is 37.6 Å². The Morgan fingerprint density at radius 1 is 1.12 bits per heavy atom. The summed E-state index contributed by atoms with van der Waals surface area (Å²) in [5.41, 5.74) is 2.56. The number of hydrogen-bond donors (Lipinski definition) is 1. The Hall–Kier alpha value is -2.89. The number of carbonyl (C=O) groups is 1. The van der Waals surface area contributed by atoms with E-state index < -0.39 is 10.0 Å². The normalized spacial score (nSPS) is 14.8. The SMILES string of the molecule is CCN(CC)S(=O)(=O)c1ccc(N2CCC(C)CC2)c(C(=O)Nc2ccc(CC#N)cc2)c1. The van der Waals surface area contributed by atoms with Crippen LogP contribution in [0.15, 0.2) is 47.4 Å². The average molecular weight is 469 g/mol. The van der Waals surface area contributed by atoms with E-state index in [1.807, 2.05) is 0 Å². The van der Waals surface area contributed by atoms with E-state index in [9.17, 15) is 13.2 Å². The second-order valence-corrected chi connectivity index (χ2v) is 10.4. The van der Waals surface area contributed by atoms with Gasteiger partial charge in [-0.05, 0) is 54.7 Å². The van der Waals surface area contributed by atoms with Crippen molar-refractivity contribution in [2.24, 2.45) is 5.92 Å². The molecule has 3 rings (SSSR count). The van der Waals surface area contributed by atoms with Gasteiger partial charge in [-0.15, -0.1) is 0 Å². The lowest BCUT2D eigenvalue weighted by Gasteiger charge is -2.33. The first-order chi connectivity index (χ1) is 15.8. The Bertz CT molecular complexity index is 1110. The molecule has 2 aromatic rings. The number of anilines is 2. The standard InChI is InChI=1S/C25H32N4O3S/c1-4-29(5-2)33(31,32)22-10-11-24(28-16-13-19(3)14-17-28)23(18-22)25(30)27-21-8-6-20(7-9-21)12-15-26/h6-11,18-19H,4-5,12-14,16-17H2,1-3H3,(H,27,30). The molecule has 1 fully saturated rings. The zero-order valence-corrected chi connectivity index (χ0v) is 20.4. The van der Waals surface area contributed by atoms with E-state index in [2.05, 4.69) is 23.2 Å². The summed E-state index contributed by atoms with van der Waals surface area (Å²) in [7, 11) is -3.69. The molecule has 0 aromatic heterocycles. The van der Waals surface area contributed by atoms with Crippen LogP contribution in [0.25, 0.3) is 0 Å². The smallest absolute Gasteiger partial charge is 0.257 e. The zero-order valence-electron chi connectivity index (χ0n) is 19.5. The van der Waals surface area contributed by atoms with Crippen molar-refractivity contribution in [1.82, 2.24) is 4.31 Å². The number of carbonyl (C=O) groups excluding carboxylic acids is 1. The second kappa shape index (κ2) is 10.8. The van der Waals surface area contributed by atoms with Gasteiger partial charge in [0.1, 0.15) is 0 Å². The van der Waals surface area contributed by atoms with Gasteiger partial charge >= 0.3 is 0 Å². The van der Waals surface area contributed by atoms with E-state index in [0.717, 1.165) is 37.2 Å². The molecule has 0 spiro atoms. The molecule has 33 heavy (non-hydrogen) atoms. The third-order valence-electron chi connectivity index (χ3n) is 6.18. The van der Waals surface area contributed by atoms with Crippen molar-refractivity contribution in [2.45, 2.75) is 44.9 Å². The Morgan fingerprint density at radius 2 is 1.76 bits per heavy atom. The van der Waals surface area contributed by atoms with Gasteiger partial charge in [-0.25, -0.2) is 8.42 Å². The summed E-state index contributed by atoms with van der Waals surface area (Å²) in [4.78, 5) is 15.6. The van der Waals surface area contributed by atoms with Crippen molar-refractivity contribution < 1.29 is 13.2 Å². The Kier molecular flexibility index (Phi) is 8.11. The lowest BCUT2D eigenvalue weighted by molar-refractivity contribution is 0.102. The summed E-state index contributed by atoms with van der Waals surface area (Å²) >= 11 is 0. The largest absolute Gasteiger partial charge is 0.371 e. The maximum atomic E-state index is 13.3. The number of sulfonamides is 1. The van der Waals surface area contributed by atoms with E-state index in [-0.39, 0.29) is 10.8 Å². The van der Waals surface area contributed by atoms with Crippen LogP contribution in [0.2, 0.25) is 0 Å². The summed E-state index contributed by atoms with van der Waals surface area (Å²) in [6, 6.07) is 14.1. The number of amides is 1. The fourth-order valence-electron chi connectivity index (χ4n) is 4.09. The third kappa shape index (κ3) is 5.73. The van der Waals surface area contributed by atoms with Gasteiger partial charge in [-0.1, -0.05) is 32.9 Å². The van der Waals surface area contributed by atoms with Gasteiger partial charge < -0.3 is 10.2 Å². The van der Waals surface area contributed by atoms with Gasteiger partial charge in [0.2, 0.25) is 10.0 Å². The van der Waals surface area contributed by atoms with Crippen molar-refractivity contribution >= 4 is 27.3 Å². The van der Waals surface area contributed by atoms with Crippen LogP contribution in [0.1, 0.15) is 49.5 Å². The summed E-state index contributed by atoms with van der Waals surface area (Å²) in [5, 5.41) is 11.7. The monoisotopic (exact) mass is 468 g/mol. The minimum atomic E-state index is -3.69. The number of rotatable bonds is 8. The van der Waals surface area contributed by atoms with E-state index in [0.29, 0.717) is 36.7 Å². The molecule has 1 N–H and O–H groups in total. The molecule has 0 atom stereocenters. The molecule has 1 aliphatic heterocycles. The first-order valence-corrected chi connectivity index (χ1v) is 12.9. The van der Waals surface area contributed by atoms with E-state index >= 15 is 0 Å². The topological polar surface area (TPSA) is 93.5 Å². The Labute approximate surface area is 197 Å². The van der Waals surface area contributed by atoms with Crippen molar-refractivity contribution in [3.63, 3.8) is 0 Å². The van der Waals surface area contributed by atoms with Gasteiger partial charge in [-0.2, -0.15) is 9.57 Å². The van der Waals surface area contributed by atoms with Crippen LogP contribution in [0.5, 0.6) is 0 Å². The first kappa shape index (κ1) is 24.7. The highest BCUT2D eigenvalue weighted by atomic mass is 32.2. The Morgan fingerprint density at radius 3 is 2.33 bits per heavy atom. The molecule has 7 nitrogen and oxygen atoms in total. The van der Waals surface area contributed by atoms with Crippen LogP contribution in [-0.4, -0.2) is 44.8 Å². The molecule has 1 heterocycles. The highest BCUT2D eigenvalue weighted by Crippen LogP contribution is 2.30. The summed E-state index contributed by atoms with van der Waals surface area (Å²) in [5.74, 6) is 0.279. The van der Waals surface area contributed by atoms with Crippen molar-refractivity contribution in [2.75, 3.05) is 36.4 Å². The molecule has 0 unspecified atom stereocenters. The molecule has 8 heteroatoms. The predicted octanol–water partition coefficient (Wildman–Crippen LogP) is 4.27. The molecule has 1 amide bonds. The van der Waals surface area contributed by atoms with Crippen LogP contribution in [0, 0.1) is 17.2 Å².